The van der Waals surface area contributed by atoms with E-state index in [0.29, 0.717) is 23.0 Å². The quantitative estimate of drug-likeness (QED) is 0.744. The minimum absolute atomic E-state index is 0.141. The molecule has 5 N–H and O–H groups in total. The molecule has 1 aromatic carbocycles. The van der Waals surface area contributed by atoms with Crippen molar-refractivity contribution in [2.45, 2.75) is 6.54 Å². The van der Waals surface area contributed by atoms with Gasteiger partial charge < -0.3 is 26.3 Å². The highest BCUT2D eigenvalue weighted by Gasteiger charge is 2.16. The van der Waals surface area contributed by atoms with Crippen LogP contribution >= 0.6 is 11.5 Å². The van der Waals surface area contributed by atoms with Crippen LogP contribution in [0.25, 0.3) is 0 Å². The fourth-order valence-corrected chi connectivity index (χ4v) is 2.55. The predicted molar refractivity (Wildman–Crippen MR) is 81.9 cm³/mol. The molecule has 1 aromatic heterocycles. The summed E-state index contributed by atoms with van der Waals surface area (Å²) in [6.07, 6.45) is 0. The zero-order chi connectivity index (χ0) is 15.4. The first-order valence-corrected chi connectivity index (χ1v) is 6.84. The Hall–Kier alpha value is -2.48. The van der Waals surface area contributed by atoms with E-state index in [2.05, 4.69) is 9.69 Å². The molecule has 0 aliphatic heterocycles. The van der Waals surface area contributed by atoms with Gasteiger partial charge in [0.15, 0.2) is 17.3 Å². The van der Waals surface area contributed by atoms with Crippen LogP contribution in [0.5, 0.6) is 11.5 Å². The lowest BCUT2D eigenvalue weighted by atomic mass is 10.2. The first-order valence-electron chi connectivity index (χ1n) is 6.06. The first-order chi connectivity index (χ1) is 10.1. The number of rotatable bonds is 6. The molecule has 8 heteroatoms. The number of nitrogens with two attached hydrogens (primary N) is 2. The summed E-state index contributed by atoms with van der Waals surface area (Å²) in [5.41, 5.74) is 12.1. The molecular formula is C13H16N4O3S. The van der Waals surface area contributed by atoms with E-state index in [0.717, 1.165) is 17.1 Å². The van der Waals surface area contributed by atoms with Crippen LogP contribution in [0.1, 0.15) is 15.9 Å². The van der Waals surface area contributed by atoms with Crippen LogP contribution in [0.4, 0.5) is 10.8 Å². The molecule has 0 saturated heterocycles. The molecule has 0 spiro atoms. The van der Waals surface area contributed by atoms with Crippen LogP contribution in [0.15, 0.2) is 18.2 Å². The van der Waals surface area contributed by atoms with E-state index < -0.39 is 5.91 Å². The van der Waals surface area contributed by atoms with E-state index in [-0.39, 0.29) is 11.4 Å². The fraction of sp³-hybridized carbons (Fsp3) is 0.231. The van der Waals surface area contributed by atoms with Gasteiger partial charge in [-0.2, -0.15) is 4.37 Å². The zero-order valence-electron chi connectivity index (χ0n) is 11.7. The van der Waals surface area contributed by atoms with Gasteiger partial charge in [-0.3, -0.25) is 4.79 Å². The number of methoxy groups -OCH3 is 2. The van der Waals surface area contributed by atoms with Crippen molar-refractivity contribution >= 4 is 28.3 Å². The Morgan fingerprint density at radius 3 is 2.67 bits per heavy atom. The zero-order valence-corrected chi connectivity index (χ0v) is 12.5. The number of hydrogen-bond donors (Lipinski definition) is 3. The summed E-state index contributed by atoms with van der Waals surface area (Å²) < 4.78 is 14.3. The fourth-order valence-electron chi connectivity index (χ4n) is 1.83. The van der Waals surface area contributed by atoms with Gasteiger partial charge in [-0.1, -0.05) is 6.07 Å². The maximum Gasteiger partial charge on any atom is 0.255 e. The van der Waals surface area contributed by atoms with Gasteiger partial charge in [-0.15, -0.1) is 0 Å². The monoisotopic (exact) mass is 308 g/mol. The summed E-state index contributed by atoms with van der Waals surface area (Å²) in [6.45, 7) is 0.474. The van der Waals surface area contributed by atoms with E-state index in [1.54, 1.807) is 14.2 Å². The maximum atomic E-state index is 11.3. The molecule has 0 saturated carbocycles. The number of nitrogen functional groups attached to an aromatic ring is 1. The molecule has 1 amide bonds. The number of hydrogen-bond acceptors (Lipinski definition) is 7. The Kier molecular flexibility index (Phi) is 4.49. The van der Waals surface area contributed by atoms with Crippen LogP contribution < -0.4 is 26.3 Å². The highest BCUT2D eigenvalue weighted by Crippen LogP contribution is 2.29. The van der Waals surface area contributed by atoms with Crippen molar-refractivity contribution in [1.29, 1.82) is 0 Å². The Morgan fingerprint density at radius 1 is 1.33 bits per heavy atom. The molecule has 21 heavy (non-hydrogen) atoms. The smallest absolute Gasteiger partial charge is 0.255 e. The lowest BCUT2D eigenvalue weighted by Gasteiger charge is -2.10. The van der Waals surface area contributed by atoms with Gasteiger partial charge in [0.2, 0.25) is 0 Å². The van der Waals surface area contributed by atoms with Crippen LogP contribution in [-0.2, 0) is 6.54 Å². The number of nitrogens with one attached hydrogen (secondary N) is 1. The van der Waals surface area contributed by atoms with Crippen molar-refractivity contribution in [2.75, 3.05) is 25.3 Å². The highest BCUT2D eigenvalue weighted by molar-refractivity contribution is 7.11. The van der Waals surface area contributed by atoms with E-state index in [1.807, 2.05) is 18.2 Å². The van der Waals surface area contributed by atoms with Crippen LogP contribution in [0.2, 0.25) is 0 Å². The number of carbonyl (C=O) groups excluding carboxylic acids is 1. The Labute approximate surface area is 126 Å². The third-order valence-corrected chi connectivity index (χ3v) is 3.68. The third kappa shape index (κ3) is 3.16. The predicted octanol–water partition coefficient (Wildman–Crippen LogP) is 1.45. The van der Waals surface area contributed by atoms with E-state index in [9.17, 15) is 4.79 Å². The van der Waals surface area contributed by atoms with Crippen LogP contribution in [-0.4, -0.2) is 24.5 Å². The summed E-state index contributed by atoms with van der Waals surface area (Å²) in [5.74, 6) is 0.829. The molecule has 1 heterocycles. The van der Waals surface area contributed by atoms with E-state index in [1.165, 1.54) is 0 Å². The Bertz CT molecular complexity index is 657. The Balaban J connectivity index is 2.15. The third-order valence-electron chi connectivity index (χ3n) is 2.87. The van der Waals surface area contributed by atoms with Gasteiger partial charge in [-0.25, -0.2) is 0 Å². The van der Waals surface area contributed by atoms with Crippen molar-refractivity contribution in [1.82, 2.24) is 4.37 Å². The molecule has 112 valence electrons. The average molecular weight is 308 g/mol. The standard InChI is InChI=1S/C13H16N4O3S/c1-19-8-4-3-7(5-9(8)20-2)6-16-13-10(12(15)18)11(14)17-21-13/h3-5,16H,6H2,1-2H3,(H2,14,17)(H2,15,18). The first kappa shape index (κ1) is 14.9. The van der Waals surface area contributed by atoms with Crippen molar-refractivity contribution in [2.24, 2.45) is 5.73 Å². The summed E-state index contributed by atoms with van der Waals surface area (Å²) in [5, 5.41) is 3.65. The number of aromatic nitrogens is 1. The second-order valence-electron chi connectivity index (χ2n) is 4.18. The van der Waals surface area contributed by atoms with Crippen molar-refractivity contribution < 1.29 is 14.3 Å². The lowest BCUT2D eigenvalue weighted by Crippen LogP contribution is -2.14. The number of carbonyl (C=O) groups is 1. The van der Waals surface area contributed by atoms with Crippen molar-refractivity contribution in [3.8, 4) is 11.5 Å². The molecule has 0 aliphatic rings. The van der Waals surface area contributed by atoms with Gasteiger partial charge in [0.05, 0.1) is 14.2 Å². The summed E-state index contributed by atoms with van der Waals surface area (Å²) in [7, 11) is 3.15. The normalized spacial score (nSPS) is 10.2. The van der Waals surface area contributed by atoms with Crippen molar-refractivity contribution in [3.63, 3.8) is 0 Å². The van der Waals surface area contributed by atoms with Gasteiger partial charge in [0.1, 0.15) is 10.6 Å². The maximum absolute atomic E-state index is 11.3. The molecule has 7 nitrogen and oxygen atoms in total. The van der Waals surface area contributed by atoms with E-state index >= 15 is 0 Å². The SMILES string of the molecule is COc1ccc(CNc2snc(N)c2C(N)=O)cc1OC. The van der Waals surface area contributed by atoms with Gasteiger partial charge in [-0.05, 0) is 29.2 Å². The van der Waals surface area contributed by atoms with E-state index in [4.69, 9.17) is 20.9 Å². The summed E-state index contributed by atoms with van der Waals surface area (Å²) in [6, 6.07) is 5.55. The molecular weight excluding hydrogens is 292 g/mol. The highest BCUT2D eigenvalue weighted by atomic mass is 32.1. The molecule has 0 unspecified atom stereocenters. The molecule has 0 atom stereocenters. The van der Waals surface area contributed by atoms with Gasteiger partial charge in [0.25, 0.3) is 5.91 Å². The van der Waals surface area contributed by atoms with Gasteiger partial charge >= 0.3 is 0 Å². The molecule has 2 aromatic rings. The number of nitrogens with zero attached hydrogens (tertiary/aromatic N) is 1. The summed E-state index contributed by atoms with van der Waals surface area (Å²) in [4.78, 5) is 11.3. The largest absolute Gasteiger partial charge is 0.493 e. The summed E-state index contributed by atoms with van der Waals surface area (Å²) >= 11 is 1.10. The topological polar surface area (TPSA) is 112 Å². The second kappa shape index (κ2) is 6.31. The molecule has 2 rings (SSSR count). The van der Waals surface area contributed by atoms with Crippen LogP contribution in [0, 0.1) is 0 Å². The van der Waals surface area contributed by atoms with Gasteiger partial charge in [0, 0.05) is 6.54 Å². The average Bonchev–Trinajstić information content (AvgIpc) is 2.85. The van der Waals surface area contributed by atoms with Crippen LogP contribution in [0.3, 0.4) is 0 Å². The molecule has 0 aliphatic carbocycles. The number of amides is 1. The number of ether oxygens (including phenoxy) is 2. The van der Waals surface area contributed by atoms with Crippen molar-refractivity contribution in [3.05, 3.63) is 29.3 Å². The Morgan fingerprint density at radius 2 is 2.05 bits per heavy atom. The second-order valence-corrected chi connectivity index (χ2v) is 4.95. The lowest BCUT2D eigenvalue weighted by molar-refractivity contribution is 0.100. The minimum Gasteiger partial charge on any atom is -0.493 e. The number of primary amides is 1. The number of benzene rings is 1. The minimum atomic E-state index is -0.601. The molecule has 0 fully saturated rings. The molecule has 0 bridgehead atoms. The molecule has 0 radical (unpaired) electrons. The number of anilines is 2.